The molecule has 9 heteroatoms. The zero-order valence-corrected chi connectivity index (χ0v) is 21.0. The van der Waals surface area contributed by atoms with E-state index >= 15 is 0 Å². The molecule has 0 aliphatic heterocycles. The molecule has 1 heterocycles. The molecule has 1 amide bonds. The number of nitrogens with one attached hydrogen (secondary N) is 1. The largest absolute Gasteiger partial charge is 0.324 e. The summed E-state index contributed by atoms with van der Waals surface area (Å²) in [4.78, 5) is 17.3. The molecule has 0 saturated heterocycles. The minimum atomic E-state index is -3.98. The Balaban J connectivity index is 1.49. The topological polar surface area (TPSA) is 81.1 Å². The Morgan fingerprint density at radius 1 is 0.971 bits per heavy atom. The van der Waals surface area contributed by atoms with Crippen molar-refractivity contribution in [3.8, 4) is 0 Å². The lowest BCUT2D eigenvalue weighted by Crippen LogP contribution is -2.17. The molecule has 0 unspecified atom stereocenters. The molecule has 1 aromatic heterocycles. The van der Waals surface area contributed by atoms with Gasteiger partial charge in [-0.1, -0.05) is 71.9 Å². The number of benzene rings is 4. The number of carbonyl (C=O) groups is 1. The number of halogens is 1. The van der Waals surface area contributed by atoms with E-state index < -0.39 is 10.0 Å². The fourth-order valence-electron chi connectivity index (χ4n) is 3.78. The number of carbonyl (C=O) groups excluding carboxylic acids is 1. The molecular formula is C26H20ClN3O3S2. The third kappa shape index (κ3) is 4.65. The van der Waals surface area contributed by atoms with Crippen molar-refractivity contribution in [3.05, 3.63) is 95.5 Å². The number of anilines is 1. The number of para-hydroxylation sites is 2. The van der Waals surface area contributed by atoms with Gasteiger partial charge in [-0.25, -0.2) is 17.4 Å². The standard InChI is InChI=1S/C26H20ClN3O3S2/c1-17-10-13-22(21(27)14-17)28-25(31)16-34-26-29-23-8-4-5-9-24(23)30(26)35(32,33)20-12-11-18-6-2-3-7-19(18)15-20/h2-15H,16H2,1H3,(H,28,31). The van der Waals surface area contributed by atoms with Gasteiger partial charge in [0.15, 0.2) is 5.16 Å². The summed E-state index contributed by atoms with van der Waals surface area (Å²) in [6.07, 6.45) is 0. The van der Waals surface area contributed by atoms with Crippen LogP contribution in [-0.4, -0.2) is 29.0 Å². The van der Waals surface area contributed by atoms with Crippen LogP contribution in [0.3, 0.4) is 0 Å². The van der Waals surface area contributed by atoms with E-state index in [-0.39, 0.29) is 21.7 Å². The Morgan fingerprint density at radius 2 is 1.71 bits per heavy atom. The summed E-state index contributed by atoms with van der Waals surface area (Å²) in [6, 6.07) is 25.0. The molecule has 6 nitrogen and oxygen atoms in total. The van der Waals surface area contributed by atoms with Crippen LogP contribution in [0.25, 0.3) is 21.8 Å². The Hall–Kier alpha value is -3.33. The Kier molecular flexibility index (Phi) is 6.27. The van der Waals surface area contributed by atoms with Crippen molar-refractivity contribution in [1.82, 2.24) is 8.96 Å². The van der Waals surface area contributed by atoms with Gasteiger partial charge in [0.05, 0.1) is 32.4 Å². The molecule has 5 rings (SSSR count). The van der Waals surface area contributed by atoms with Crippen LogP contribution in [0.1, 0.15) is 5.56 Å². The van der Waals surface area contributed by atoms with Crippen LogP contribution in [0, 0.1) is 6.92 Å². The number of aromatic nitrogens is 2. The molecule has 4 aromatic carbocycles. The van der Waals surface area contributed by atoms with Crippen LogP contribution in [0.4, 0.5) is 5.69 Å². The van der Waals surface area contributed by atoms with Gasteiger partial charge < -0.3 is 5.32 Å². The third-order valence-electron chi connectivity index (χ3n) is 5.48. The molecular weight excluding hydrogens is 502 g/mol. The number of aryl methyl sites for hydroxylation is 1. The molecule has 0 fully saturated rings. The molecule has 35 heavy (non-hydrogen) atoms. The predicted octanol–water partition coefficient (Wildman–Crippen LogP) is 6.12. The first kappa shape index (κ1) is 23.4. The first-order valence-corrected chi connectivity index (χ1v) is 13.5. The van der Waals surface area contributed by atoms with E-state index in [4.69, 9.17) is 11.6 Å². The highest BCUT2D eigenvalue weighted by Crippen LogP contribution is 2.30. The number of nitrogens with zero attached hydrogens (tertiary/aromatic N) is 2. The van der Waals surface area contributed by atoms with E-state index in [0.717, 1.165) is 28.1 Å². The second-order valence-corrected chi connectivity index (χ2v) is 11.1. The van der Waals surface area contributed by atoms with Crippen molar-refractivity contribution in [2.75, 3.05) is 11.1 Å². The quantitative estimate of drug-likeness (QED) is 0.272. The van der Waals surface area contributed by atoms with Crippen molar-refractivity contribution in [2.45, 2.75) is 17.0 Å². The Bertz CT molecular complexity index is 1700. The van der Waals surface area contributed by atoms with E-state index in [1.165, 1.54) is 3.97 Å². The van der Waals surface area contributed by atoms with Crippen molar-refractivity contribution in [1.29, 1.82) is 0 Å². The molecule has 1 N–H and O–H groups in total. The maximum Gasteiger partial charge on any atom is 0.270 e. The molecule has 0 aliphatic carbocycles. The monoisotopic (exact) mass is 521 g/mol. The predicted molar refractivity (Wildman–Crippen MR) is 142 cm³/mol. The number of amides is 1. The summed E-state index contributed by atoms with van der Waals surface area (Å²) in [7, 11) is -3.98. The van der Waals surface area contributed by atoms with Crippen LogP contribution in [-0.2, 0) is 14.8 Å². The molecule has 176 valence electrons. The summed E-state index contributed by atoms with van der Waals surface area (Å²) in [5.41, 5.74) is 2.46. The van der Waals surface area contributed by atoms with Crippen molar-refractivity contribution < 1.29 is 13.2 Å². The summed E-state index contributed by atoms with van der Waals surface area (Å²) in [6.45, 7) is 1.91. The van der Waals surface area contributed by atoms with Crippen molar-refractivity contribution in [2.24, 2.45) is 0 Å². The van der Waals surface area contributed by atoms with E-state index in [2.05, 4.69) is 10.3 Å². The second-order valence-electron chi connectivity index (χ2n) is 7.98. The van der Waals surface area contributed by atoms with Gasteiger partial charge in [0, 0.05) is 0 Å². The van der Waals surface area contributed by atoms with Crippen LogP contribution in [0.2, 0.25) is 5.02 Å². The van der Waals surface area contributed by atoms with Crippen LogP contribution < -0.4 is 5.32 Å². The Labute approximate surface area is 212 Å². The van der Waals surface area contributed by atoms with Gasteiger partial charge in [-0.15, -0.1) is 0 Å². The molecule has 0 aliphatic rings. The minimum Gasteiger partial charge on any atom is -0.324 e. The van der Waals surface area contributed by atoms with Crippen LogP contribution in [0.15, 0.2) is 95.0 Å². The first-order chi connectivity index (χ1) is 16.8. The van der Waals surface area contributed by atoms with Crippen LogP contribution in [0.5, 0.6) is 0 Å². The summed E-state index contributed by atoms with van der Waals surface area (Å²) >= 11 is 7.27. The lowest BCUT2D eigenvalue weighted by atomic mass is 10.1. The lowest BCUT2D eigenvalue weighted by molar-refractivity contribution is -0.113. The van der Waals surface area contributed by atoms with Gasteiger partial charge in [-0.2, -0.15) is 0 Å². The van der Waals surface area contributed by atoms with E-state index in [0.29, 0.717) is 21.7 Å². The van der Waals surface area contributed by atoms with Gasteiger partial charge in [-0.05, 0) is 59.7 Å². The number of hydrogen-bond acceptors (Lipinski definition) is 5. The number of rotatable bonds is 6. The molecule has 0 spiro atoms. The second kappa shape index (κ2) is 9.37. The van der Waals surface area contributed by atoms with Crippen molar-refractivity contribution >= 4 is 66.8 Å². The average Bonchev–Trinajstić information content (AvgIpc) is 3.23. The summed E-state index contributed by atoms with van der Waals surface area (Å²) in [5, 5.41) is 5.19. The number of thioether (sulfide) groups is 1. The molecule has 0 atom stereocenters. The number of hydrogen-bond donors (Lipinski definition) is 1. The zero-order valence-electron chi connectivity index (χ0n) is 18.6. The fourth-order valence-corrected chi connectivity index (χ4v) is 6.61. The van der Waals surface area contributed by atoms with E-state index in [1.807, 2.05) is 37.3 Å². The molecule has 0 saturated carbocycles. The van der Waals surface area contributed by atoms with Crippen molar-refractivity contribution in [3.63, 3.8) is 0 Å². The van der Waals surface area contributed by atoms with Gasteiger partial charge in [0.25, 0.3) is 10.0 Å². The summed E-state index contributed by atoms with van der Waals surface area (Å²) < 4.78 is 28.8. The minimum absolute atomic E-state index is 0.0409. The van der Waals surface area contributed by atoms with E-state index in [1.54, 1.807) is 54.6 Å². The fraction of sp³-hybridized carbons (Fsp3) is 0.0769. The number of fused-ring (bicyclic) bond motifs is 2. The third-order valence-corrected chi connectivity index (χ3v) is 8.55. The van der Waals surface area contributed by atoms with Gasteiger partial charge in [-0.3, -0.25) is 4.79 Å². The highest BCUT2D eigenvalue weighted by atomic mass is 35.5. The summed E-state index contributed by atoms with van der Waals surface area (Å²) in [5.74, 6) is -0.358. The van der Waals surface area contributed by atoms with Crippen LogP contribution >= 0.6 is 23.4 Å². The molecule has 5 aromatic rings. The van der Waals surface area contributed by atoms with Gasteiger partial charge in [0.1, 0.15) is 0 Å². The lowest BCUT2D eigenvalue weighted by Gasteiger charge is -2.11. The average molecular weight is 522 g/mol. The molecule has 0 bridgehead atoms. The SMILES string of the molecule is Cc1ccc(NC(=O)CSc2nc3ccccc3n2S(=O)(=O)c2ccc3ccccc3c2)c(Cl)c1. The van der Waals surface area contributed by atoms with Gasteiger partial charge in [0.2, 0.25) is 5.91 Å². The maximum absolute atomic E-state index is 13.8. The smallest absolute Gasteiger partial charge is 0.270 e. The Morgan fingerprint density at radius 3 is 2.51 bits per heavy atom. The van der Waals surface area contributed by atoms with E-state index in [9.17, 15) is 13.2 Å². The zero-order chi connectivity index (χ0) is 24.6. The maximum atomic E-state index is 13.8. The number of imidazole rings is 1. The highest BCUT2D eigenvalue weighted by Gasteiger charge is 2.25. The molecule has 0 radical (unpaired) electrons. The normalized spacial score (nSPS) is 11.7. The van der Waals surface area contributed by atoms with Gasteiger partial charge >= 0.3 is 0 Å². The first-order valence-electron chi connectivity index (χ1n) is 10.7. The highest BCUT2D eigenvalue weighted by molar-refractivity contribution is 8.00.